The molecule has 2 rings (SSSR count). The lowest BCUT2D eigenvalue weighted by atomic mass is 9.96. The Kier molecular flexibility index (Phi) is 4.66. The Hall–Kier alpha value is -1.26. The maximum absolute atomic E-state index is 10.2. The molecule has 0 spiro atoms. The van der Waals surface area contributed by atoms with Crippen LogP contribution in [-0.4, -0.2) is 35.7 Å². The molecule has 0 radical (unpaired) electrons. The number of nitrogens with two attached hydrogens (primary N) is 1. The molecule has 1 fully saturated rings. The minimum absolute atomic E-state index is 0.237. The summed E-state index contributed by atoms with van der Waals surface area (Å²) in [4.78, 5) is 2.31. The maximum atomic E-state index is 10.2. The molecule has 0 bridgehead atoms. The largest absolute Gasteiger partial charge is 0.504 e. The lowest BCUT2D eigenvalue weighted by Gasteiger charge is -2.34. The van der Waals surface area contributed by atoms with Crippen LogP contribution in [0.2, 0.25) is 0 Å². The Bertz CT molecular complexity index is 413. The predicted octanol–water partition coefficient (Wildman–Crippen LogP) is 1.96. The lowest BCUT2D eigenvalue weighted by Crippen LogP contribution is -2.45. The zero-order valence-corrected chi connectivity index (χ0v) is 11.8. The summed E-state index contributed by atoms with van der Waals surface area (Å²) in [5.41, 5.74) is 6.97. The van der Waals surface area contributed by atoms with Crippen LogP contribution in [0.1, 0.15) is 25.8 Å². The SMILES string of the molecule is CCOc1cccc(CN2CC(C)CC(N)C2)c1O. The van der Waals surface area contributed by atoms with Gasteiger partial charge in [0.2, 0.25) is 0 Å². The van der Waals surface area contributed by atoms with E-state index in [2.05, 4.69) is 11.8 Å². The first-order valence-electron chi connectivity index (χ1n) is 7.01. The van der Waals surface area contributed by atoms with Crippen molar-refractivity contribution in [2.75, 3.05) is 19.7 Å². The van der Waals surface area contributed by atoms with Crippen molar-refractivity contribution in [3.8, 4) is 11.5 Å². The van der Waals surface area contributed by atoms with Gasteiger partial charge in [0.05, 0.1) is 6.61 Å². The Morgan fingerprint density at radius 1 is 1.42 bits per heavy atom. The first-order chi connectivity index (χ1) is 9.10. The minimum Gasteiger partial charge on any atom is -0.504 e. The quantitative estimate of drug-likeness (QED) is 0.873. The van der Waals surface area contributed by atoms with E-state index in [9.17, 15) is 5.11 Å². The molecule has 1 heterocycles. The third kappa shape index (κ3) is 3.61. The summed E-state index contributed by atoms with van der Waals surface area (Å²) in [5, 5.41) is 10.2. The van der Waals surface area contributed by atoms with Crippen molar-refractivity contribution in [1.29, 1.82) is 0 Å². The molecule has 1 aromatic carbocycles. The van der Waals surface area contributed by atoms with E-state index in [-0.39, 0.29) is 11.8 Å². The van der Waals surface area contributed by atoms with Crippen LogP contribution >= 0.6 is 0 Å². The highest BCUT2D eigenvalue weighted by molar-refractivity contribution is 5.45. The molecular formula is C15H24N2O2. The number of benzene rings is 1. The van der Waals surface area contributed by atoms with Gasteiger partial charge in [0, 0.05) is 31.2 Å². The lowest BCUT2D eigenvalue weighted by molar-refractivity contribution is 0.157. The molecule has 1 aromatic rings. The molecule has 0 saturated carbocycles. The summed E-state index contributed by atoms with van der Waals surface area (Å²) in [6, 6.07) is 5.91. The fraction of sp³-hybridized carbons (Fsp3) is 0.600. The van der Waals surface area contributed by atoms with Crippen LogP contribution in [0.3, 0.4) is 0 Å². The van der Waals surface area contributed by atoms with Gasteiger partial charge in [0.1, 0.15) is 0 Å². The normalized spacial score (nSPS) is 24.4. The second-order valence-electron chi connectivity index (χ2n) is 5.49. The van der Waals surface area contributed by atoms with Gasteiger partial charge < -0.3 is 15.6 Å². The molecule has 1 aliphatic heterocycles. The zero-order chi connectivity index (χ0) is 13.8. The average molecular weight is 264 g/mol. The summed E-state index contributed by atoms with van der Waals surface area (Å²) in [5.74, 6) is 1.44. The summed E-state index contributed by atoms with van der Waals surface area (Å²) in [6.45, 7) is 7.35. The zero-order valence-electron chi connectivity index (χ0n) is 11.8. The topological polar surface area (TPSA) is 58.7 Å². The van der Waals surface area contributed by atoms with Gasteiger partial charge >= 0.3 is 0 Å². The molecule has 2 unspecified atom stereocenters. The Balaban J connectivity index is 2.08. The number of para-hydroxylation sites is 1. The van der Waals surface area contributed by atoms with Gasteiger partial charge in [0.15, 0.2) is 11.5 Å². The van der Waals surface area contributed by atoms with Gasteiger partial charge in [-0.3, -0.25) is 4.90 Å². The van der Waals surface area contributed by atoms with E-state index >= 15 is 0 Å². The Labute approximate surface area is 115 Å². The fourth-order valence-electron chi connectivity index (χ4n) is 2.85. The number of ether oxygens (including phenoxy) is 1. The van der Waals surface area contributed by atoms with E-state index in [0.717, 1.165) is 31.6 Å². The smallest absolute Gasteiger partial charge is 0.162 e. The van der Waals surface area contributed by atoms with Crippen LogP contribution in [0.4, 0.5) is 0 Å². The highest BCUT2D eigenvalue weighted by Crippen LogP contribution is 2.31. The number of hydrogen-bond donors (Lipinski definition) is 2. The molecule has 106 valence electrons. The maximum Gasteiger partial charge on any atom is 0.162 e. The number of rotatable bonds is 4. The molecule has 4 heteroatoms. The standard InChI is InChI=1S/C15H24N2O2/c1-3-19-14-6-4-5-12(15(14)18)9-17-8-11(2)7-13(16)10-17/h4-6,11,13,18H,3,7-10,16H2,1-2H3. The van der Waals surface area contributed by atoms with Gasteiger partial charge in [-0.05, 0) is 25.3 Å². The second kappa shape index (κ2) is 6.26. The van der Waals surface area contributed by atoms with Crippen LogP contribution in [0.5, 0.6) is 11.5 Å². The fourth-order valence-corrected chi connectivity index (χ4v) is 2.85. The molecule has 1 saturated heterocycles. The van der Waals surface area contributed by atoms with Crippen LogP contribution in [-0.2, 0) is 6.54 Å². The van der Waals surface area contributed by atoms with Crippen molar-refractivity contribution in [2.45, 2.75) is 32.9 Å². The van der Waals surface area contributed by atoms with Gasteiger partial charge in [-0.2, -0.15) is 0 Å². The average Bonchev–Trinajstić information content (AvgIpc) is 2.33. The minimum atomic E-state index is 0.237. The molecule has 0 aromatic heterocycles. The number of phenols is 1. The number of phenolic OH excluding ortho intramolecular Hbond substituents is 1. The van der Waals surface area contributed by atoms with E-state index in [1.165, 1.54) is 0 Å². The van der Waals surface area contributed by atoms with Crippen molar-refractivity contribution in [2.24, 2.45) is 11.7 Å². The van der Waals surface area contributed by atoms with Crippen LogP contribution < -0.4 is 10.5 Å². The molecule has 19 heavy (non-hydrogen) atoms. The number of hydrogen-bond acceptors (Lipinski definition) is 4. The summed E-state index contributed by atoms with van der Waals surface area (Å²) >= 11 is 0. The highest BCUT2D eigenvalue weighted by atomic mass is 16.5. The van der Waals surface area contributed by atoms with Crippen molar-refractivity contribution in [1.82, 2.24) is 4.90 Å². The Morgan fingerprint density at radius 2 is 2.21 bits per heavy atom. The number of nitrogens with zero attached hydrogens (tertiary/aromatic N) is 1. The molecule has 4 nitrogen and oxygen atoms in total. The van der Waals surface area contributed by atoms with E-state index in [0.29, 0.717) is 18.3 Å². The summed E-state index contributed by atoms with van der Waals surface area (Å²) in [7, 11) is 0. The van der Waals surface area contributed by atoms with Crippen LogP contribution in [0.15, 0.2) is 18.2 Å². The van der Waals surface area contributed by atoms with Crippen molar-refractivity contribution < 1.29 is 9.84 Å². The van der Waals surface area contributed by atoms with Crippen molar-refractivity contribution in [3.63, 3.8) is 0 Å². The molecule has 0 aliphatic carbocycles. The number of aromatic hydroxyl groups is 1. The van der Waals surface area contributed by atoms with Gasteiger partial charge in [-0.25, -0.2) is 0 Å². The van der Waals surface area contributed by atoms with Gasteiger partial charge in [0.25, 0.3) is 0 Å². The summed E-state index contributed by atoms with van der Waals surface area (Å²) in [6.07, 6.45) is 1.08. The van der Waals surface area contributed by atoms with Crippen LogP contribution in [0, 0.1) is 5.92 Å². The predicted molar refractivity (Wildman–Crippen MR) is 76.3 cm³/mol. The first kappa shape index (κ1) is 14.2. The van der Waals surface area contributed by atoms with Crippen LogP contribution in [0.25, 0.3) is 0 Å². The monoisotopic (exact) mass is 264 g/mol. The van der Waals surface area contributed by atoms with Gasteiger partial charge in [-0.1, -0.05) is 19.1 Å². The highest BCUT2D eigenvalue weighted by Gasteiger charge is 2.23. The molecule has 1 aliphatic rings. The molecular weight excluding hydrogens is 240 g/mol. The molecule has 3 N–H and O–H groups in total. The third-order valence-electron chi connectivity index (χ3n) is 3.54. The summed E-state index contributed by atoms with van der Waals surface area (Å²) < 4.78 is 5.42. The van der Waals surface area contributed by atoms with E-state index < -0.39 is 0 Å². The first-order valence-corrected chi connectivity index (χ1v) is 7.01. The number of likely N-dealkylation sites (tertiary alicyclic amines) is 1. The third-order valence-corrected chi connectivity index (χ3v) is 3.54. The van der Waals surface area contributed by atoms with E-state index in [1.54, 1.807) is 6.07 Å². The van der Waals surface area contributed by atoms with Crippen molar-refractivity contribution in [3.05, 3.63) is 23.8 Å². The second-order valence-corrected chi connectivity index (χ2v) is 5.49. The molecule has 0 amide bonds. The molecule has 2 atom stereocenters. The van der Waals surface area contributed by atoms with E-state index in [1.807, 2.05) is 19.1 Å². The van der Waals surface area contributed by atoms with E-state index in [4.69, 9.17) is 10.5 Å². The van der Waals surface area contributed by atoms with Crippen molar-refractivity contribution >= 4 is 0 Å². The number of piperidine rings is 1. The Morgan fingerprint density at radius 3 is 2.89 bits per heavy atom. The van der Waals surface area contributed by atoms with Gasteiger partial charge in [-0.15, -0.1) is 0 Å².